The molecule has 4 fully saturated rings. The fourth-order valence-corrected chi connectivity index (χ4v) is 21.2. The molecule has 0 saturated heterocycles. The minimum atomic E-state index is -2.98. The third-order valence-electron chi connectivity index (χ3n) is 14.7. The minimum absolute atomic E-state index is 0. The van der Waals surface area contributed by atoms with Gasteiger partial charge in [0.25, 0.3) is 0 Å². The van der Waals surface area contributed by atoms with Gasteiger partial charge >= 0.3 is 343 Å². The normalized spacial score (nSPS) is 24.3. The van der Waals surface area contributed by atoms with Crippen molar-refractivity contribution in [1.29, 1.82) is 0 Å². The van der Waals surface area contributed by atoms with Crippen molar-refractivity contribution in [3.8, 4) is 11.1 Å². The topological polar surface area (TPSA) is 0 Å². The molecule has 10 rings (SSSR count). The molecular weight excluding hydrogens is 811 g/mol. The number of hydrogen-bond acceptors (Lipinski definition) is 0. The summed E-state index contributed by atoms with van der Waals surface area (Å²) >= 11 is -2.98. The first kappa shape index (κ1) is 42.8. The molecule has 0 spiro atoms. The second kappa shape index (κ2) is 15.6. The molecule has 1 unspecified atom stereocenters. The number of rotatable bonds is 6. The van der Waals surface area contributed by atoms with Crippen LogP contribution in [0.4, 0.5) is 0 Å². The van der Waals surface area contributed by atoms with Crippen molar-refractivity contribution in [3.63, 3.8) is 0 Å². The summed E-state index contributed by atoms with van der Waals surface area (Å²) in [5, 5.41) is 0. The summed E-state index contributed by atoms with van der Waals surface area (Å²) in [6.45, 7) is 24.0. The fourth-order valence-electron chi connectivity index (χ4n) is 12.2. The van der Waals surface area contributed by atoms with Crippen molar-refractivity contribution in [2.75, 3.05) is 0 Å². The van der Waals surface area contributed by atoms with E-state index in [1.165, 1.54) is 95.0 Å². The molecule has 0 heterocycles. The maximum Gasteiger partial charge on any atom is -1.00 e. The van der Waals surface area contributed by atoms with Crippen LogP contribution in [0.5, 0.6) is 0 Å². The van der Waals surface area contributed by atoms with E-state index in [1.807, 2.05) is 3.28 Å². The van der Waals surface area contributed by atoms with Gasteiger partial charge in [0.15, 0.2) is 0 Å². The van der Waals surface area contributed by atoms with Crippen LogP contribution in [0.2, 0.25) is 0 Å². The van der Waals surface area contributed by atoms with Gasteiger partial charge in [-0.3, -0.25) is 0 Å². The molecule has 4 aromatic carbocycles. The van der Waals surface area contributed by atoms with E-state index in [0.717, 1.165) is 24.2 Å². The summed E-state index contributed by atoms with van der Waals surface area (Å²) in [5.74, 6) is 3.44. The minimum Gasteiger partial charge on any atom is -1.00 e. The Morgan fingerprint density at radius 2 is 1.16 bits per heavy atom. The molecule has 3 heteroatoms. The summed E-state index contributed by atoms with van der Waals surface area (Å²) in [6.07, 6.45) is 14.2. The van der Waals surface area contributed by atoms with Crippen molar-refractivity contribution < 1.29 is 46.1 Å². The van der Waals surface area contributed by atoms with Crippen LogP contribution in [-0.4, -0.2) is 3.21 Å². The predicted octanol–water partition coefficient (Wildman–Crippen LogP) is 7.45. The van der Waals surface area contributed by atoms with Crippen molar-refractivity contribution in [1.82, 2.24) is 0 Å². The average molecular weight is 875 g/mol. The number of halogens is 2. The second-order valence-electron chi connectivity index (χ2n) is 21.2. The molecule has 57 heavy (non-hydrogen) atoms. The molecule has 0 nitrogen and oxygen atoms in total. The molecule has 6 aliphatic rings. The number of hydrogen-bond donors (Lipinski definition) is 0. The zero-order valence-electron chi connectivity index (χ0n) is 36.3. The van der Waals surface area contributed by atoms with Crippen molar-refractivity contribution in [3.05, 3.63) is 144 Å². The van der Waals surface area contributed by atoms with E-state index in [-0.39, 0.29) is 35.6 Å². The van der Waals surface area contributed by atoms with Crippen LogP contribution in [0, 0.1) is 42.9 Å². The summed E-state index contributed by atoms with van der Waals surface area (Å²) in [5.41, 5.74) is 18.7. The van der Waals surface area contributed by atoms with Crippen LogP contribution < -0.4 is 28.1 Å². The Kier molecular flexibility index (Phi) is 11.7. The van der Waals surface area contributed by atoms with Crippen molar-refractivity contribution in [2.45, 2.75) is 131 Å². The Bertz CT molecular complexity index is 2200. The van der Waals surface area contributed by atoms with Crippen LogP contribution in [0.15, 0.2) is 99.4 Å². The van der Waals surface area contributed by atoms with Gasteiger partial charge in [-0.15, -0.1) is 0 Å². The van der Waals surface area contributed by atoms with Gasteiger partial charge in [-0.1, -0.05) is 0 Å². The molecule has 4 saturated carbocycles. The molecular formula is C54H64Cl2Zr. The first-order chi connectivity index (χ1) is 26.0. The van der Waals surface area contributed by atoms with Crippen LogP contribution >= 0.6 is 0 Å². The van der Waals surface area contributed by atoms with Gasteiger partial charge in [0, 0.05) is 0 Å². The van der Waals surface area contributed by atoms with E-state index >= 15 is 0 Å². The van der Waals surface area contributed by atoms with Gasteiger partial charge in [0.2, 0.25) is 0 Å². The Balaban J connectivity index is 0.00000248. The molecule has 0 amide bonds. The van der Waals surface area contributed by atoms with E-state index in [4.69, 9.17) is 0 Å². The summed E-state index contributed by atoms with van der Waals surface area (Å²) in [4.78, 5) is 0. The molecule has 0 N–H and O–H groups in total. The zero-order valence-corrected chi connectivity index (χ0v) is 40.3. The molecule has 0 aromatic heterocycles. The van der Waals surface area contributed by atoms with E-state index in [9.17, 15) is 0 Å². The third kappa shape index (κ3) is 7.91. The van der Waals surface area contributed by atoms with Gasteiger partial charge in [0.05, 0.1) is 0 Å². The molecule has 0 aliphatic heterocycles. The summed E-state index contributed by atoms with van der Waals surface area (Å²) in [6, 6.07) is 32.1. The smallest absolute Gasteiger partial charge is 1.00 e. The average Bonchev–Trinajstić information content (AvgIpc) is 3.61. The quantitative estimate of drug-likeness (QED) is 0.167. The van der Waals surface area contributed by atoms with Crippen LogP contribution in [-0.2, 0) is 38.5 Å². The summed E-state index contributed by atoms with van der Waals surface area (Å²) in [7, 11) is 0. The predicted molar refractivity (Wildman–Crippen MR) is 232 cm³/mol. The zero-order chi connectivity index (χ0) is 38.6. The van der Waals surface area contributed by atoms with Crippen LogP contribution in [0.3, 0.4) is 0 Å². The van der Waals surface area contributed by atoms with Crippen LogP contribution in [0.25, 0.3) is 11.1 Å². The van der Waals surface area contributed by atoms with Gasteiger partial charge in [-0.2, -0.15) is 0 Å². The Labute approximate surface area is 365 Å². The van der Waals surface area contributed by atoms with Crippen molar-refractivity contribution in [2.24, 2.45) is 29.1 Å². The van der Waals surface area contributed by atoms with Gasteiger partial charge in [-0.25, -0.2) is 0 Å². The molecule has 6 aliphatic carbocycles. The Morgan fingerprint density at radius 1 is 0.649 bits per heavy atom. The van der Waals surface area contributed by atoms with Crippen LogP contribution in [0.1, 0.15) is 145 Å². The van der Waals surface area contributed by atoms with E-state index < -0.39 is 21.3 Å². The molecule has 4 bridgehead atoms. The molecule has 0 radical (unpaired) electrons. The van der Waals surface area contributed by atoms with Crippen molar-refractivity contribution >= 4 is 6.48 Å². The van der Waals surface area contributed by atoms with E-state index in [1.54, 1.807) is 23.2 Å². The van der Waals surface area contributed by atoms with E-state index in [2.05, 4.69) is 154 Å². The van der Waals surface area contributed by atoms with E-state index in [0.29, 0.717) is 11.3 Å². The Hall–Kier alpha value is -2.31. The number of benzene rings is 4. The largest absolute Gasteiger partial charge is 1.00 e. The SMILES string of the molecule is CC1=[C]([Zr+2](=[C](c2ccc(C)cc2)c2ccc(C)cc2)[c]2cc(C(C)(C)C)cc3c2Cc2ccc(C(C)(C)C)cc2-3)C(C)C=C1CC12CC3CC(CC(C3)C1)C2.[Cl-].[Cl-]. The molecule has 1 atom stereocenters. The Morgan fingerprint density at radius 3 is 1.67 bits per heavy atom. The van der Waals surface area contributed by atoms with Gasteiger partial charge in [-0.05, 0) is 0 Å². The third-order valence-corrected chi connectivity index (χ3v) is 23.2. The van der Waals surface area contributed by atoms with Gasteiger partial charge in [0.1, 0.15) is 0 Å². The monoisotopic (exact) mass is 872 g/mol. The first-order valence-electron chi connectivity index (χ1n) is 21.7. The molecule has 298 valence electrons. The number of aryl methyl sites for hydroxylation is 2. The maximum absolute atomic E-state index is 2.98. The fraction of sp³-hybridized carbons (Fsp3) is 0.463. The standard InChI is InChI=1S/C21H25.C18H25.C15H14.2ClH.Zr/c1-20(2,3)16-9-7-14-11-15-8-10-17(21(4,5)6)13-19(15)18(14)12-16;1-12-3-13(2)17(4-12)11-18-8-14-5-15(9-18)7-16(6-14)10-18;1-12-3-7-14(8-4-12)11-15-9-5-13(2)6-10-15;;;/h7,9-10,12-13H,11H2,1-6H3;4,12,14-16H,5-11H2,1-2H3;3-10H,1-2H3;2*1H;/q;;;;;+2/p-2. The maximum atomic E-state index is 2.78. The summed E-state index contributed by atoms with van der Waals surface area (Å²) < 4.78 is 5.21. The first-order valence-corrected chi connectivity index (χ1v) is 25.4. The number of allylic oxidation sites excluding steroid dienone is 4. The molecule has 4 aromatic rings. The number of fused-ring (bicyclic) bond motifs is 3. The second-order valence-corrected chi connectivity index (χ2v) is 26.9. The van der Waals surface area contributed by atoms with Gasteiger partial charge < -0.3 is 24.8 Å².